The van der Waals surface area contributed by atoms with Crippen molar-refractivity contribution in [1.29, 1.82) is 0 Å². The Bertz CT molecular complexity index is 500. The van der Waals surface area contributed by atoms with Crippen LogP contribution in [0.4, 0.5) is 0 Å². The van der Waals surface area contributed by atoms with E-state index in [1.807, 2.05) is 0 Å². The fraction of sp³-hybridized carbons (Fsp3) is 0.727. The third kappa shape index (κ3) is 2.43. The predicted molar refractivity (Wildman–Crippen MR) is 68.6 cm³/mol. The Morgan fingerprint density at radius 3 is 2.56 bits per heavy atom. The lowest BCUT2D eigenvalue weighted by atomic mass is 10.4. The Hall–Kier alpha value is -0.920. The van der Waals surface area contributed by atoms with E-state index in [9.17, 15) is 8.42 Å². The summed E-state index contributed by atoms with van der Waals surface area (Å²) in [6, 6.07) is 0.148. The average molecular weight is 272 g/mol. The van der Waals surface area contributed by atoms with Crippen LogP contribution in [-0.4, -0.2) is 42.1 Å². The maximum Gasteiger partial charge on any atom is 0.246 e. The van der Waals surface area contributed by atoms with Gasteiger partial charge in [0, 0.05) is 12.6 Å². The molecule has 1 saturated carbocycles. The summed E-state index contributed by atoms with van der Waals surface area (Å²) in [4.78, 5) is 0.325. The zero-order chi connectivity index (χ0) is 13.3. The van der Waals surface area contributed by atoms with Gasteiger partial charge in [0.1, 0.15) is 4.90 Å². The Morgan fingerprint density at radius 2 is 2.11 bits per heavy atom. The summed E-state index contributed by atoms with van der Waals surface area (Å²) in [5.74, 6) is 0. The highest BCUT2D eigenvalue weighted by molar-refractivity contribution is 7.89. The summed E-state index contributed by atoms with van der Waals surface area (Å²) in [5.41, 5.74) is 6.62. The SMILES string of the molecule is Cc1n[nH]c(C)c1S(=O)(=O)N(CCCN)C1CC1. The number of nitrogens with two attached hydrogens (primary N) is 1. The monoisotopic (exact) mass is 272 g/mol. The molecule has 0 aliphatic heterocycles. The van der Waals surface area contributed by atoms with Gasteiger partial charge in [-0.1, -0.05) is 0 Å². The Kier molecular flexibility index (Phi) is 3.74. The van der Waals surface area contributed by atoms with Crippen LogP contribution >= 0.6 is 0 Å². The Labute approximate surface area is 108 Å². The summed E-state index contributed by atoms with van der Waals surface area (Å²) in [5, 5.41) is 6.70. The van der Waals surface area contributed by atoms with Crippen molar-refractivity contribution in [3.63, 3.8) is 0 Å². The molecule has 0 aromatic carbocycles. The number of rotatable bonds is 6. The molecule has 0 amide bonds. The number of aromatic amines is 1. The minimum absolute atomic E-state index is 0.148. The van der Waals surface area contributed by atoms with Crippen molar-refractivity contribution in [2.75, 3.05) is 13.1 Å². The molecule has 1 heterocycles. The van der Waals surface area contributed by atoms with E-state index in [0.29, 0.717) is 35.8 Å². The van der Waals surface area contributed by atoms with Crippen LogP contribution in [0.1, 0.15) is 30.7 Å². The number of hydrogen-bond donors (Lipinski definition) is 2. The number of aromatic nitrogens is 2. The highest BCUT2D eigenvalue weighted by Crippen LogP contribution is 2.33. The lowest BCUT2D eigenvalue weighted by molar-refractivity contribution is 0.399. The van der Waals surface area contributed by atoms with Crippen molar-refractivity contribution in [2.45, 2.75) is 44.0 Å². The first-order chi connectivity index (χ1) is 8.48. The lowest BCUT2D eigenvalue weighted by Gasteiger charge is -2.21. The molecule has 7 heteroatoms. The van der Waals surface area contributed by atoms with Gasteiger partial charge in [-0.15, -0.1) is 0 Å². The highest BCUT2D eigenvalue weighted by atomic mass is 32.2. The van der Waals surface area contributed by atoms with Crippen molar-refractivity contribution in [1.82, 2.24) is 14.5 Å². The Balaban J connectivity index is 2.33. The fourth-order valence-electron chi connectivity index (χ4n) is 2.15. The molecule has 2 rings (SSSR count). The van der Waals surface area contributed by atoms with Crippen molar-refractivity contribution < 1.29 is 8.42 Å². The van der Waals surface area contributed by atoms with Gasteiger partial charge in [0.2, 0.25) is 10.0 Å². The van der Waals surface area contributed by atoms with Crippen molar-refractivity contribution in [3.8, 4) is 0 Å². The van der Waals surface area contributed by atoms with E-state index in [1.165, 1.54) is 0 Å². The molecule has 18 heavy (non-hydrogen) atoms. The van der Waals surface area contributed by atoms with E-state index >= 15 is 0 Å². The maximum absolute atomic E-state index is 12.6. The quantitative estimate of drug-likeness (QED) is 0.790. The third-order valence-corrected chi connectivity index (χ3v) is 5.38. The molecule has 0 spiro atoms. The average Bonchev–Trinajstić information content (AvgIpc) is 3.05. The minimum Gasteiger partial charge on any atom is -0.330 e. The zero-order valence-corrected chi connectivity index (χ0v) is 11.6. The van der Waals surface area contributed by atoms with Gasteiger partial charge in [-0.25, -0.2) is 8.42 Å². The molecule has 1 aromatic heterocycles. The molecule has 1 aliphatic carbocycles. The van der Waals surface area contributed by atoms with Crippen molar-refractivity contribution >= 4 is 10.0 Å². The van der Waals surface area contributed by atoms with Crippen LogP contribution in [0.2, 0.25) is 0 Å². The number of hydrogen-bond acceptors (Lipinski definition) is 4. The highest BCUT2D eigenvalue weighted by Gasteiger charge is 2.39. The zero-order valence-electron chi connectivity index (χ0n) is 10.8. The molecule has 1 aliphatic rings. The smallest absolute Gasteiger partial charge is 0.246 e. The number of H-pyrrole nitrogens is 1. The molecule has 1 aromatic rings. The number of nitrogens with zero attached hydrogens (tertiary/aromatic N) is 2. The molecule has 6 nitrogen and oxygen atoms in total. The van der Waals surface area contributed by atoms with Crippen LogP contribution in [0.15, 0.2) is 4.90 Å². The van der Waals surface area contributed by atoms with E-state index in [1.54, 1.807) is 18.2 Å². The number of aryl methyl sites for hydroxylation is 2. The summed E-state index contributed by atoms with van der Waals surface area (Å²) in [6.45, 7) is 4.45. The molecular weight excluding hydrogens is 252 g/mol. The van der Waals surface area contributed by atoms with Crippen LogP contribution in [0.3, 0.4) is 0 Å². The number of nitrogens with one attached hydrogen (secondary N) is 1. The summed E-state index contributed by atoms with van der Waals surface area (Å²) >= 11 is 0. The van der Waals surface area contributed by atoms with E-state index in [0.717, 1.165) is 12.8 Å². The van der Waals surface area contributed by atoms with Gasteiger partial charge in [-0.2, -0.15) is 9.40 Å². The predicted octanol–water partition coefficient (Wildman–Crippen LogP) is 0.528. The van der Waals surface area contributed by atoms with Crippen LogP contribution in [-0.2, 0) is 10.0 Å². The Morgan fingerprint density at radius 1 is 1.44 bits per heavy atom. The van der Waals surface area contributed by atoms with Crippen molar-refractivity contribution in [2.24, 2.45) is 5.73 Å². The first-order valence-corrected chi connectivity index (χ1v) is 7.66. The van der Waals surface area contributed by atoms with Gasteiger partial charge < -0.3 is 5.73 Å². The molecule has 0 atom stereocenters. The van der Waals surface area contributed by atoms with Gasteiger partial charge >= 0.3 is 0 Å². The van der Waals surface area contributed by atoms with Gasteiger partial charge in [0.15, 0.2) is 0 Å². The largest absolute Gasteiger partial charge is 0.330 e. The second kappa shape index (κ2) is 4.99. The fourth-order valence-corrected chi connectivity index (χ4v) is 4.21. The van der Waals surface area contributed by atoms with E-state index in [2.05, 4.69) is 10.2 Å². The van der Waals surface area contributed by atoms with Gasteiger partial charge in [0.25, 0.3) is 0 Å². The first kappa shape index (κ1) is 13.5. The number of sulfonamides is 1. The van der Waals surface area contributed by atoms with Gasteiger partial charge in [-0.3, -0.25) is 5.10 Å². The maximum atomic E-state index is 12.6. The van der Waals surface area contributed by atoms with Crippen LogP contribution in [0.25, 0.3) is 0 Å². The summed E-state index contributed by atoms with van der Waals surface area (Å²) in [7, 11) is -3.44. The lowest BCUT2D eigenvalue weighted by Crippen LogP contribution is -2.35. The van der Waals surface area contributed by atoms with Crippen LogP contribution < -0.4 is 5.73 Å². The second-order valence-electron chi connectivity index (χ2n) is 4.75. The molecule has 0 bridgehead atoms. The molecule has 102 valence electrons. The normalized spacial score (nSPS) is 16.4. The molecule has 3 N–H and O–H groups in total. The minimum atomic E-state index is -3.44. The molecular formula is C11H20N4O2S. The van der Waals surface area contributed by atoms with E-state index in [4.69, 9.17) is 5.73 Å². The molecule has 0 saturated heterocycles. The summed E-state index contributed by atoms with van der Waals surface area (Å²) in [6.07, 6.45) is 2.57. The molecule has 1 fully saturated rings. The third-order valence-electron chi connectivity index (χ3n) is 3.16. The van der Waals surface area contributed by atoms with Crippen LogP contribution in [0.5, 0.6) is 0 Å². The van der Waals surface area contributed by atoms with Crippen molar-refractivity contribution in [3.05, 3.63) is 11.4 Å². The standard InChI is InChI=1S/C11H20N4O2S/c1-8-11(9(2)14-13-8)18(16,17)15(7-3-6-12)10-4-5-10/h10H,3-7,12H2,1-2H3,(H,13,14). The second-order valence-corrected chi connectivity index (χ2v) is 6.58. The van der Waals surface area contributed by atoms with E-state index < -0.39 is 10.0 Å². The van der Waals surface area contributed by atoms with Gasteiger partial charge in [0.05, 0.1) is 11.4 Å². The first-order valence-electron chi connectivity index (χ1n) is 6.22. The van der Waals surface area contributed by atoms with Crippen LogP contribution in [0, 0.1) is 13.8 Å². The molecule has 0 radical (unpaired) electrons. The molecule has 0 unspecified atom stereocenters. The topological polar surface area (TPSA) is 92.1 Å². The van der Waals surface area contributed by atoms with Gasteiger partial charge in [-0.05, 0) is 39.7 Å². The van der Waals surface area contributed by atoms with E-state index in [-0.39, 0.29) is 6.04 Å². The summed E-state index contributed by atoms with van der Waals surface area (Å²) < 4.78 is 26.9.